The Morgan fingerprint density at radius 1 is 0.847 bits per heavy atom. The zero-order chi connectivity index (χ0) is 42.8. The maximum absolute atomic E-state index is 14.0. The highest BCUT2D eigenvalue weighted by molar-refractivity contribution is 5.87. The van der Waals surface area contributed by atoms with E-state index >= 15 is 0 Å². The van der Waals surface area contributed by atoms with Gasteiger partial charge in [-0.25, -0.2) is 4.79 Å². The molecule has 0 radical (unpaired) electrons. The van der Waals surface area contributed by atoms with Gasteiger partial charge in [0.05, 0.1) is 37.9 Å². The van der Waals surface area contributed by atoms with Gasteiger partial charge < -0.3 is 73.3 Å². The van der Waals surface area contributed by atoms with E-state index in [0.29, 0.717) is 0 Å². The summed E-state index contributed by atoms with van der Waals surface area (Å²) in [4.78, 5) is 50.9. The van der Waals surface area contributed by atoms with Crippen molar-refractivity contribution in [2.75, 3.05) is 19.8 Å². The Morgan fingerprint density at radius 3 is 2.20 bits per heavy atom. The third kappa shape index (κ3) is 9.35. The van der Waals surface area contributed by atoms with E-state index in [-0.39, 0.29) is 38.2 Å². The van der Waals surface area contributed by atoms with E-state index in [9.17, 15) is 49.8 Å². The Kier molecular flexibility index (Phi) is 14.1. The van der Waals surface area contributed by atoms with Crippen molar-refractivity contribution in [2.45, 2.75) is 138 Å². The highest BCUT2D eigenvalue weighted by Crippen LogP contribution is 2.55. The number of rotatable bonds is 11. The molecular formula is C40H54O19. The third-order valence-electron chi connectivity index (χ3n) is 11.9. The van der Waals surface area contributed by atoms with Crippen LogP contribution in [-0.2, 0) is 61.8 Å². The van der Waals surface area contributed by atoms with Crippen molar-refractivity contribution in [1.29, 1.82) is 0 Å². The summed E-state index contributed by atoms with van der Waals surface area (Å²) >= 11 is 0. The molecule has 4 heterocycles. The van der Waals surface area contributed by atoms with Gasteiger partial charge in [0, 0.05) is 38.2 Å². The van der Waals surface area contributed by atoms with E-state index in [2.05, 4.69) is 0 Å². The molecular weight excluding hydrogens is 784 g/mol. The van der Waals surface area contributed by atoms with Crippen LogP contribution in [0.2, 0.25) is 0 Å². The Bertz CT molecular complexity index is 1680. The van der Waals surface area contributed by atoms with E-state index in [1.807, 2.05) is 37.3 Å². The zero-order valence-electron chi connectivity index (χ0n) is 33.1. The van der Waals surface area contributed by atoms with E-state index < -0.39 is 134 Å². The molecule has 1 spiro atoms. The van der Waals surface area contributed by atoms with Crippen molar-refractivity contribution in [3.63, 3.8) is 0 Å². The minimum atomic E-state index is -1.94. The number of hydrogen-bond donors (Lipinski definition) is 6. The molecule has 5 aliphatic rings. The Morgan fingerprint density at radius 2 is 1.54 bits per heavy atom. The summed E-state index contributed by atoms with van der Waals surface area (Å²) in [5.74, 6) is -6.91. The first kappa shape index (κ1) is 44.9. The van der Waals surface area contributed by atoms with Crippen LogP contribution in [0.15, 0.2) is 36.4 Å². The van der Waals surface area contributed by atoms with E-state index in [0.717, 1.165) is 19.4 Å². The minimum absolute atomic E-state index is 0.0219. The molecule has 19 heteroatoms. The van der Waals surface area contributed by atoms with Gasteiger partial charge in [-0.1, -0.05) is 37.3 Å². The number of benzene rings is 1. The van der Waals surface area contributed by atoms with Gasteiger partial charge in [0.1, 0.15) is 36.1 Å². The molecule has 1 saturated carbocycles. The first-order valence-corrected chi connectivity index (χ1v) is 19.8. The molecule has 1 aliphatic carbocycles. The topological polar surface area (TPSA) is 273 Å². The summed E-state index contributed by atoms with van der Waals surface area (Å²) in [5, 5.41) is 65.5. The molecule has 4 saturated heterocycles. The molecule has 1 aromatic rings. The van der Waals surface area contributed by atoms with Gasteiger partial charge in [-0.05, 0) is 37.8 Å². The maximum atomic E-state index is 14.0. The van der Waals surface area contributed by atoms with Crippen LogP contribution in [0.25, 0.3) is 6.08 Å². The lowest BCUT2D eigenvalue weighted by molar-refractivity contribution is -0.360. The average Bonchev–Trinajstić information content (AvgIpc) is 3.44. The van der Waals surface area contributed by atoms with E-state index in [4.69, 9.17) is 42.6 Å². The number of carbonyl (C=O) groups is 4. The lowest BCUT2D eigenvalue weighted by Gasteiger charge is -2.47. The van der Waals surface area contributed by atoms with Gasteiger partial charge in [0.2, 0.25) is 12.1 Å². The molecule has 328 valence electrons. The quantitative estimate of drug-likeness (QED) is 0.0908. The summed E-state index contributed by atoms with van der Waals surface area (Å²) in [6.45, 7) is 3.80. The van der Waals surface area contributed by atoms with Crippen molar-refractivity contribution in [1.82, 2.24) is 0 Å². The third-order valence-corrected chi connectivity index (χ3v) is 11.9. The van der Waals surface area contributed by atoms with Crippen molar-refractivity contribution in [3.05, 3.63) is 42.0 Å². The molecule has 0 aromatic heterocycles. The normalized spacial score (nSPS) is 42.2. The van der Waals surface area contributed by atoms with Crippen molar-refractivity contribution in [2.24, 2.45) is 17.8 Å². The summed E-state index contributed by atoms with van der Waals surface area (Å²) in [6, 6.07) is 9.16. The molecule has 6 rings (SSSR count). The van der Waals surface area contributed by atoms with Crippen LogP contribution in [0.4, 0.5) is 0 Å². The van der Waals surface area contributed by atoms with Crippen LogP contribution >= 0.6 is 0 Å². The number of aliphatic hydroxyl groups is 6. The smallest absolute Gasteiger partial charge is 0.331 e. The fourth-order valence-corrected chi connectivity index (χ4v) is 8.66. The predicted molar refractivity (Wildman–Crippen MR) is 196 cm³/mol. The average molecular weight is 839 g/mol. The summed E-state index contributed by atoms with van der Waals surface area (Å²) in [5.41, 5.74) is -1.15. The lowest BCUT2D eigenvalue weighted by atomic mass is 9.70. The SMILES string of the molecule is CC(=O)OC1C(O)C(C)OC(OC2C(OC(=O)C3CCC4C(C3)OC3(CC(OC(=O)C=Cc5ccccc5)C(C)CO3)C4(O)CO)OC(CO)C(O)C2OC(C)=O)C1O. The molecule has 17 atom stereocenters. The standard InChI is InChI=1S/C40H54O19/c1-19-17-51-40(15-27(19)55-29(45)13-10-23-8-6-5-7-9-23)39(50,18-42)25-12-11-24(14-26(25)59-40)36(49)58-38-35(34(54-22(4)44)31(47)28(16-41)56-38)57-37-32(48)33(53-21(3)43)30(46)20(2)52-37/h5-10,13,19-20,24-28,30-35,37-38,41-42,46-48,50H,11-12,14-18H2,1-4H3. The highest BCUT2D eigenvalue weighted by Gasteiger charge is 2.69. The van der Waals surface area contributed by atoms with Crippen molar-refractivity contribution in [3.8, 4) is 0 Å². The molecule has 4 aliphatic heterocycles. The molecule has 17 unspecified atom stereocenters. The molecule has 5 fully saturated rings. The number of esters is 4. The number of ether oxygens (including phenoxy) is 9. The molecule has 19 nitrogen and oxygen atoms in total. The summed E-state index contributed by atoms with van der Waals surface area (Å²) in [7, 11) is 0. The monoisotopic (exact) mass is 838 g/mol. The van der Waals surface area contributed by atoms with E-state index in [1.54, 1.807) is 6.08 Å². The van der Waals surface area contributed by atoms with Crippen LogP contribution in [0.1, 0.15) is 58.9 Å². The first-order chi connectivity index (χ1) is 28.0. The number of aliphatic hydroxyl groups excluding tert-OH is 5. The number of carbonyl (C=O) groups excluding carboxylic acids is 4. The molecule has 6 N–H and O–H groups in total. The van der Waals surface area contributed by atoms with Crippen LogP contribution < -0.4 is 0 Å². The Balaban J connectivity index is 1.18. The first-order valence-electron chi connectivity index (χ1n) is 19.8. The van der Waals surface area contributed by atoms with Crippen molar-refractivity contribution >= 4 is 30.0 Å². The summed E-state index contributed by atoms with van der Waals surface area (Å²) < 4.78 is 52.1. The van der Waals surface area contributed by atoms with Gasteiger partial charge in [0.15, 0.2) is 24.6 Å². The Labute approximate surface area is 340 Å². The minimum Gasteiger partial charge on any atom is -0.459 e. The number of fused-ring (bicyclic) bond motifs is 1. The molecule has 59 heavy (non-hydrogen) atoms. The van der Waals surface area contributed by atoms with Gasteiger partial charge in [0.25, 0.3) is 0 Å². The largest absolute Gasteiger partial charge is 0.459 e. The molecule has 0 amide bonds. The van der Waals surface area contributed by atoms with E-state index in [1.165, 1.54) is 13.0 Å². The Hall–Kier alpha value is -3.60. The van der Waals surface area contributed by atoms with Crippen LogP contribution in [0.3, 0.4) is 0 Å². The van der Waals surface area contributed by atoms with Gasteiger partial charge in [-0.3, -0.25) is 14.4 Å². The molecule has 0 bridgehead atoms. The second kappa shape index (κ2) is 18.6. The maximum Gasteiger partial charge on any atom is 0.331 e. The van der Waals surface area contributed by atoms with Gasteiger partial charge >= 0.3 is 23.9 Å². The van der Waals surface area contributed by atoms with Crippen LogP contribution in [0.5, 0.6) is 0 Å². The fraction of sp³-hybridized carbons (Fsp3) is 0.700. The van der Waals surface area contributed by atoms with Crippen molar-refractivity contribution < 1.29 is 92.4 Å². The van der Waals surface area contributed by atoms with Gasteiger partial charge in [-0.15, -0.1) is 0 Å². The fourth-order valence-electron chi connectivity index (χ4n) is 8.66. The lowest BCUT2D eigenvalue weighted by Crippen LogP contribution is -2.65. The van der Waals surface area contributed by atoms with Gasteiger partial charge in [-0.2, -0.15) is 0 Å². The predicted octanol–water partition coefficient (Wildman–Crippen LogP) is -0.761. The second-order valence-electron chi connectivity index (χ2n) is 15.9. The molecule has 1 aromatic carbocycles. The number of hydrogen-bond acceptors (Lipinski definition) is 19. The highest BCUT2D eigenvalue weighted by atomic mass is 16.8. The second-order valence-corrected chi connectivity index (χ2v) is 15.9. The van der Waals surface area contributed by atoms with Crippen LogP contribution in [0, 0.1) is 17.8 Å². The van der Waals surface area contributed by atoms with Crippen LogP contribution in [-0.4, -0.2) is 159 Å². The summed E-state index contributed by atoms with van der Waals surface area (Å²) in [6.07, 6.45) is -14.5. The zero-order valence-corrected chi connectivity index (χ0v) is 33.1.